The van der Waals surface area contributed by atoms with E-state index in [1.54, 1.807) is 0 Å². The van der Waals surface area contributed by atoms with Gasteiger partial charge in [0.15, 0.2) is 11.5 Å². The first-order chi connectivity index (χ1) is 9.75. The Labute approximate surface area is 117 Å². The summed E-state index contributed by atoms with van der Waals surface area (Å²) in [5, 5.41) is 8.54. The summed E-state index contributed by atoms with van der Waals surface area (Å²) in [4.78, 5) is 14.6. The van der Waals surface area contributed by atoms with E-state index in [2.05, 4.69) is 17.1 Å². The second kappa shape index (κ2) is 4.30. The topological polar surface area (TPSA) is 50.5 Å². The lowest BCUT2D eigenvalue weighted by atomic mass is 10.2. The summed E-state index contributed by atoms with van der Waals surface area (Å²) in [6.45, 7) is 3.01. The average molecular weight is 270 g/mol. The maximum Gasteiger partial charge on any atom is 0.226 e. The van der Waals surface area contributed by atoms with Crippen LogP contribution >= 0.6 is 0 Å². The SMILES string of the molecule is CC1CC1C(=O)N1CCCC1c1nnc2ccccn12. The molecule has 1 saturated heterocycles. The second-order valence-corrected chi connectivity index (χ2v) is 6.00. The van der Waals surface area contributed by atoms with E-state index in [1.807, 2.05) is 33.7 Å². The van der Waals surface area contributed by atoms with E-state index in [4.69, 9.17) is 0 Å². The molecule has 0 aromatic carbocycles. The Morgan fingerprint density at radius 3 is 3.00 bits per heavy atom. The summed E-state index contributed by atoms with van der Waals surface area (Å²) < 4.78 is 2.01. The van der Waals surface area contributed by atoms with Crippen LogP contribution in [0, 0.1) is 11.8 Å². The van der Waals surface area contributed by atoms with Crippen LogP contribution in [0.4, 0.5) is 0 Å². The summed E-state index contributed by atoms with van der Waals surface area (Å²) in [6.07, 6.45) is 5.07. The Bertz CT molecular complexity index is 665. The quantitative estimate of drug-likeness (QED) is 0.839. The fourth-order valence-electron chi connectivity index (χ4n) is 3.27. The highest BCUT2D eigenvalue weighted by Gasteiger charge is 2.45. The number of amides is 1. The van der Waals surface area contributed by atoms with Gasteiger partial charge in [-0.3, -0.25) is 9.20 Å². The molecule has 1 amide bonds. The summed E-state index contributed by atoms with van der Waals surface area (Å²) in [5.74, 6) is 2.01. The largest absolute Gasteiger partial charge is 0.332 e. The van der Waals surface area contributed by atoms with Crippen LogP contribution in [-0.2, 0) is 4.79 Å². The Morgan fingerprint density at radius 1 is 1.35 bits per heavy atom. The van der Waals surface area contributed by atoms with Crippen LogP contribution in [0.15, 0.2) is 24.4 Å². The molecule has 5 heteroatoms. The molecule has 2 fully saturated rings. The van der Waals surface area contributed by atoms with Crippen molar-refractivity contribution in [3.8, 4) is 0 Å². The third-order valence-electron chi connectivity index (χ3n) is 4.60. The van der Waals surface area contributed by atoms with Crippen LogP contribution in [0.2, 0.25) is 0 Å². The Kier molecular flexibility index (Phi) is 2.55. The van der Waals surface area contributed by atoms with Crippen molar-refractivity contribution in [3.05, 3.63) is 30.2 Å². The fraction of sp³-hybridized carbons (Fsp3) is 0.533. The minimum Gasteiger partial charge on any atom is -0.332 e. The van der Waals surface area contributed by atoms with Gasteiger partial charge in [-0.2, -0.15) is 0 Å². The van der Waals surface area contributed by atoms with E-state index in [1.165, 1.54) is 0 Å². The third-order valence-corrected chi connectivity index (χ3v) is 4.60. The molecule has 0 radical (unpaired) electrons. The van der Waals surface area contributed by atoms with Gasteiger partial charge in [0.1, 0.15) is 0 Å². The van der Waals surface area contributed by atoms with Gasteiger partial charge in [0.25, 0.3) is 0 Å². The number of pyridine rings is 1. The van der Waals surface area contributed by atoms with Gasteiger partial charge in [-0.05, 0) is 37.3 Å². The van der Waals surface area contributed by atoms with Crippen molar-refractivity contribution in [1.29, 1.82) is 0 Å². The van der Waals surface area contributed by atoms with Gasteiger partial charge in [0, 0.05) is 18.7 Å². The molecule has 1 aliphatic heterocycles. The van der Waals surface area contributed by atoms with E-state index >= 15 is 0 Å². The molecule has 1 saturated carbocycles. The van der Waals surface area contributed by atoms with Gasteiger partial charge in [-0.25, -0.2) is 0 Å². The lowest BCUT2D eigenvalue weighted by Crippen LogP contribution is -2.33. The number of likely N-dealkylation sites (tertiary alicyclic amines) is 1. The molecule has 0 bridgehead atoms. The molecule has 2 aliphatic rings. The van der Waals surface area contributed by atoms with Crippen LogP contribution < -0.4 is 0 Å². The Hall–Kier alpha value is -1.91. The number of carbonyl (C=O) groups is 1. The number of nitrogens with zero attached hydrogens (tertiary/aromatic N) is 4. The van der Waals surface area contributed by atoms with Crippen molar-refractivity contribution in [2.24, 2.45) is 11.8 Å². The van der Waals surface area contributed by atoms with Gasteiger partial charge < -0.3 is 4.90 Å². The number of aromatic nitrogens is 3. The van der Waals surface area contributed by atoms with Crippen molar-refractivity contribution >= 4 is 11.6 Å². The highest BCUT2D eigenvalue weighted by Crippen LogP contribution is 2.42. The van der Waals surface area contributed by atoms with Gasteiger partial charge in [-0.1, -0.05) is 13.0 Å². The smallest absolute Gasteiger partial charge is 0.226 e. The zero-order valence-corrected chi connectivity index (χ0v) is 11.6. The molecule has 1 aliphatic carbocycles. The fourth-order valence-corrected chi connectivity index (χ4v) is 3.27. The van der Waals surface area contributed by atoms with Crippen LogP contribution in [-0.4, -0.2) is 31.9 Å². The molecular formula is C15H18N4O. The van der Waals surface area contributed by atoms with Crippen molar-refractivity contribution < 1.29 is 4.79 Å². The normalized spacial score (nSPS) is 29.1. The summed E-state index contributed by atoms with van der Waals surface area (Å²) in [6, 6.07) is 5.97. The Balaban J connectivity index is 1.68. The number of hydrogen-bond acceptors (Lipinski definition) is 3. The first-order valence-corrected chi connectivity index (χ1v) is 7.36. The summed E-state index contributed by atoms with van der Waals surface area (Å²) in [7, 11) is 0. The first kappa shape index (κ1) is 11.9. The van der Waals surface area contributed by atoms with E-state index in [0.29, 0.717) is 11.8 Å². The second-order valence-electron chi connectivity index (χ2n) is 6.00. The molecule has 20 heavy (non-hydrogen) atoms. The maximum absolute atomic E-state index is 12.5. The molecule has 2 aromatic rings. The molecule has 0 spiro atoms. The van der Waals surface area contributed by atoms with E-state index in [-0.39, 0.29) is 12.0 Å². The van der Waals surface area contributed by atoms with Crippen LogP contribution in [0.1, 0.15) is 38.1 Å². The van der Waals surface area contributed by atoms with Crippen LogP contribution in [0.5, 0.6) is 0 Å². The van der Waals surface area contributed by atoms with Crippen molar-refractivity contribution in [2.75, 3.05) is 6.54 Å². The standard InChI is InChI=1S/C15H18N4O/c1-10-9-11(10)15(20)18-8-4-5-12(18)14-17-16-13-6-2-3-7-19(13)14/h2-3,6-7,10-12H,4-5,8-9H2,1H3. The van der Waals surface area contributed by atoms with Crippen molar-refractivity contribution in [1.82, 2.24) is 19.5 Å². The van der Waals surface area contributed by atoms with E-state index in [9.17, 15) is 4.79 Å². The number of carbonyl (C=O) groups excluding carboxylic acids is 1. The molecule has 3 heterocycles. The minimum absolute atomic E-state index is 0.0905. The van der Waals surface area contributed by atoms with Gasteiger partial charge in [0.2, 0.25) is 5.91 Å². The molecule has 2 aromatic heterocycles. The molecule has 3 unspecified atom stereocenters. The number of hydrogen-bond donors (Lipinski definition) is 0. The highest BCUT2D eigenvalue weighted by atomic mass is 16.2. The van der Waals surface area contributed by atoms with E-state index in [0.717, 1.165) is 37.3 Å². The molecule has 3 atom stereocenters. The molecule has 4 rings (SSSR count). The molecule has 0 N–H and O–H groups in total. The number of fused-ring (bicyclic) bond motifs is 1. The molecule has 5 nitrogen and oxygen atoms in total. The zero-order valence-electron chi connectivity index (χ0n) is 11.6. The molecular weight excluding hydrogens is 252 g/mol. The molecule has 104 valence electrons. The predicted octanol–water partition coefficient (Wildman–Crippen LogP) is 2.05. The monoisotopic (exact) mass is 270 g/mol. The Morgan fingerprint density at radius 2 is 2.20 bits per heavy atom. The maximum atomic E-state index is 12.5. The van der Waals surface area contributed by atoms with E-state index < -0.39 is 0 Å². The van der Waals surface area contributed by atoms with Crippen LogP contribution in [0.3, 0.4) is 0 Å². The lowest BCUT2D eigenvalue weighted by molar-refractivity contribution is -0.134. The summed E-state index contributed by atoms with van der Waals surface area (Å²) >= 11 is 0. The van der Waals surface area contributed by atoms with Gasteiger partial charge in [0.05, 0.1) is 6.04 Å². The highest BCUT2D eigenvalue weighted by molar-refractivity contribution is 5.82. The lowest BCUT2D eigenvalue weighted by Gasteiger charge is -2.23. The predicted molar refractivity (Wildman–Crippen MR) is 73.9 cm³/mol. The third kappa shape index (κ3) is 1.72. The number of rotatable bonds is 2. The van der Waals surface area contributed by atoms with Gasteiger partial charge in [-0.15, -0.1) is 10.2 Å². The average Bonchev–Trinajstić information content (AvgIpc) is 2.91. The van der Waals surface area contributed by atoms with Gasteiger partial charge >= 0.3 is 0 Å². The zero-order chi connectivity index (χ0) is 13.7. The minimum atomic E-state index is 0.0905. The summed E-state index contributed by atoms with van der Waals surface area (Å²) in [5.41, 5.74) is 0.849. The first-order valence-electron chi connectivity index (χ1n) is 7.36. The van der Waals surface area contributed by atoms with Crippen molar-refractivity contribution in [3.63, 3.8) is 0 Å². The van der Waals surface area contributed by atoms with Crippen LogP contribution in [0.25, 0.3) is 5.65 Å². The van der Waals surface area contributed by atoms with Crippen molar-refractivity contribution in [2.45, 2.75) is 32.2 Å².